The number of nitriles is 1. The summed E-state index contributed by atoms with van der Waals surface area (Å²) in [6, 6.07) is 4.99. The first-order valence-corrected chi connectivity index (χ1v) is 6.88. The van der Waals surface area contributed by atoms with Gasteiger partial charge >= 0.3 is 6.18 Å². The number of carbonyl (C=O) groups is 1. The Morgan fingerprint density at radius 1 is 1.35 bits per heavy atom. The number of hydrogen-bond donors (Lipinski definition) is 3. The fraction of sp³-hybridized carbons (Fsp3) is 0.333. The maximum absolute atomic E-state index is 12.5. The summed E-state index contributed by atoms with van der Waals surface area (Å²) in [5.41, 5.74) is -1.20. The highest BCUT2D eigenvalue weighted by molar-refractivity contribution is 6.07. The van der Waals surface area contributed by atoms with Crippen LogP contribution in [0.2, 0.25) is 0 Å². The van der Waals surface area contributed by atoms with Crippen molar-refractivity contribution in [1.29, 1.82) is 5.26 Å². The highest BCUT2D eigenvalue weighted by Gasteiger charge is 2.30. The number of hydrogen-bond acceptors (Lipinski definition) is 4. The summed E-state index contributed by atoms with van der Waals surface area (Å²) < 4.78 is 37.4. The Kier molecular flexibility index (Phi) is 4.91. The van der Waals surface area contributed by atoms with Crippen molar-refractivity contribution in [3.05, 3.63) is 41.2 Å². The summed E-state index contributed by atoms with van der Waals surface area (Å²) in [5.74, 6) is -1.21. The highest BCUT2D eigenvalue weighted by Crippen LogP contribution is 2.29. The largest absolute Gasteiger partial charge is 0.509 e. The summed E-state index contributed by atoms with van der Waals surface area (Å²) in [4.78, 5) is 12.0. The molecule has 1 aromatic carbocycles. The number of rotatable bonds is 3. The number of nitrogens with one attached hydrogen (secondary N) is 2. The number of nitrogens with zero attached hydrogens (tertiary/aromatic N) is 1. The highest BCUT2D eigenvalue weighted by atomic mass is 19.4. The van der Waals surface area contributed by atoms with Gasteiger partial charge in [-0.3, -0.25) is 4.79 Å². The Morgan fingerprint density at radius 3 is 2.48 bits per heavy atom. The Hall–Kier alpha value is -2.53. The second-order valence-corrected chi connectivity index (χ2v) is 5.05. The van der Waals surface area contributed by atoms with Gasteiger partial charge in [-0.25, -0.2) is 0 Å². The van der Waals surface area contributed by atoms with Crippen LogP contribution in [0, 0.1) is 11.3 Å². The van der Waals surface area contributed by atoms with E-state index in [1.807, 2.05) is 0 Å². The van der Waals surface area contributed by atoms with E-state index in [2.05, 4.69) is 10.6 Å². The molecule has 1 unspecified atom stereocenters. The molecule has 8 heteroatoms. The zero-order valence-electron chi connectivity index (χ0n) is 11.9. The lowest BCUT2D eigenvalue weighted by Gasteiger charge is -2.12. The molecule has 0 bridgehead atoms. The van der Waals surface area contributed by atoms with Gasteiger partial charge < -0.3 is 15.7 Å². The van der Waals surface area contributed by atoms with Gasteiger partial charge in [0.05, 0.1) is 11.6 Å². The van der Waals surface area contributed by atoms with Gasteiger partial charge in [-0.2, -0.15) is 18.4 Å². The van der Waals surface area contributed by atoms with E-state index in [4.69, 9.17) is 5.26 Å². The second-order valence-electron chi connectivity index (χ2n) is 5.05. The van der Waals surface area contributed by atoms with Crippen LogP contribution in [0.4, 0.5) is 18.9 Å². The minimum atomic E-state index is -4.47. The lowest BCUT2D eigenvalue weighted by Crippen LogP contribution is -2.27. The number of carbonyl (C=O) groups excluding carboxylic acids is 1. The molecule has 5 nitrogen and oxygen atoms in total. The van der Waals surface area contributed by atoms with Crippen molar-refractivity contribution in [1.82, 2.24) is 5.32 Å². The number of halogens is 3. The maximum atomic E-state index is 12.5. The summed E-state index contributed by atoms with van der Waals surface area (Å²) >= 11 is 0. The Bertz CT molecular complexity index is 654. The minimum absolute atomic E-state index is 0.0999. The van der Waals surface area contributed by atoms with Crippen molar-refractivity contribution in [2.45, 2.75) is 25.1 Å². The first kappa shape index (κ1) is 16.8. The van der Waals surface area contributed by atoms with E-state index in [0.717, 1.165) is 30.7 Å². The number of aliphatic hydroxyl groups excluding tert-OH is 1. The van der Waals surface area contributed by atoms with Crippen LogP contribution < -0.4 is 10.6 Å². The molecule has 1 aliphatic heterocycles. The molecule has 2 rings (SSSR count). The van der Waals surface area contributed by atoms with Gasteiger partial charge in [0, 0.05) is 5.69 Å². The van der Waals surface area contributed by atoms with Gasteiger partial charge in [-0.1, -0.05) is 0 Å². The van der Waals surface area contributed by atoms with Crippen LogP contribution in [0.15, 0.2) is 35.6 Å². The molecule has 122 valence electrons. The van der Waals surface area contributed by atoms with Crippen LogP contribution in [0.3, 0.4) is 0 Å². The van der Waals surface area contributed by atoms with Crippen LogP contribution in [0.25, 0.3) is 0 Å². The number of benzene rings is 1. The van der Waals surface area contributed by atoms with E-state index < -0.39 is 29.3 Å². The van der Waals surface area contributed by atoms with E-state index in [1.165, 1.54) is 0 Å². The zero-order chi connectivity index (χ0) is 17.0. The predicted octanol–water partition coefficient (Wildman–Crippen LogP) is 2.73. The van der Waals surface area contributed by atoms with Crippen molar-refractivity contribution in [2.24, 2.45) is 0 Å². The average molecular weight is 325 g/mol. The lowest BCUT2D eigenvalue weighted by molar-refractivity contribution is -0.137. The molecule has 0 aromatic heterocycles. The standard InChI is InChI=1S/C15H14F3N3O2/c16-15(17,18)9-3-5-10(6-4-9)21-14(23)11(8-19)13(22)12-2-1-7-20-12/h3-6,12,20,22H,1-2,7H2,(H,21,23)/b13-11-. The van der Waals surface area contributed by atoms with Crippen LogP contribution >= 0.6 is 0 Å². The van der Waals surface area contributed by atoms with Crippen LogP contribution in [0.5, 0.6) is 0 Å². The summed E-state index contributed by atoms with van der Waals surface area (Å²) in [7, 11) is 0. The fourth-order valence-electron chi connectivity index (χ4n) is 2.25. The summed E-state index contributed by atoms with van der Waals surface area (Å²) in [6.07, 6.45) is -3.05. The first-order valence-electron chi connectivity index (χ1n) is 6.88. The van der Waals surface area contributed by atoms with E-state index in [-0.39, 0.29) is 11.4 Å². The van der Waals surface area contributed by atoms with Gasteiger partial charge in [0.2, 0.25) is 0 Å². The van der Waals surface area contributed by atoms with Gasteiger partial charge in [0.1, 0.15) is 11.8 Å². The van der Waals surface area contributed by atoms with Gasteiger partial charge in [-0.15, -0.1) is 0 Å². The molecule has 1 heterocycles. The summed E-state index contributed by atoms with van der Waals surface area (Å²) in [5, 5.41) is 24.3. The Labute approximate surface area is 130 Å². The molecule has 0 aliphatic carbocycles. The quantitative estimate of drug-likeness (QED) is 0.453. The second kappa shape index (κ2) is 6.71. The Balaban J connectivity index is 2.14. The van der Waals surface area contributed by atoms with E-state index in [9.17, 15) is 23.1 Å². The van der Waals surface area contributed by atoms with Crippen molar-refractivity contribution < 1.29 is 23.1 Å². The third kappa shape index (κ3) is 4.02. The summed E-state index contributed by atoms with van der Waals surface area (Å²) in [6.45, 7) is 0.675. The molecule has 1 saturated heterocycles. The predicted molar refractivity (Wildman–Crippen MR) is 76.4 cm³/mol. The number of amides is 1. The van der Waals surface area contributed by atoms with Gasteiger partial charge in [0.25, 0.3) is 5.91 Å². The minimum Gasteiger partial charge on any atom is -0.509 e. The molecular formula is C15H14F3N3O2. The first-order chi connectivity index (χ1) is 10.8. The SMILES string of the molecule is N#C/C(C(=O)Nc1ccc(C(F)(F)F)cc1)=C(/O)C1CCCN1. The Morgan fingerprint density at radius 2 is 2.00 bits per heavy atom. The molecular weight excluding hydrogens is 311 g/mol. The maximum Gasteiger partial charge on any atom is 0.416 e. The van der Waals surface area contributed by atoms with Crippen LogP contribution in [0.1, 0.15) is 18.4 Å². The van der Waals surface area contributed by atoms with Gasteiger partial charge in [0.15, 0.2) is 5.57 Å². The molecule has 1 fully saturated rings. The molecule has 1 aliphatic rings. The molecule has 0 saturated carbocycles. The van der Waals surface area contributed by atoms with Crippen molar-refractivity contribution in [3.63, 3.8) is 0 Å². The molecule has 3 N–H and O–H groups in total. The van der Waals surface area contributed by atoms with Crippen molar-refractivity contribution in [3.8, 4) is 6.07 Å². The van der Waals surface area contributed by atoms with Crippen LogP contribution in [-0.2, 0) is 11.0 Å². The number of alkyl halides is 3. The van der Waals surface area contributed by atoms with Gasteiger partial charge in [-0.05, 0) is 43.7 Å². The molecule has 0 radical (unpaired) electrons. The number of anilines is 1. The van der Waals surface area contributed by atoms with E-state index in [0.29, 0.717) is 13.0 Å². The third-order valence-corrected chi connectivity index (χ3v) is 3.46. The molecule has 1 amide bonds. The van der Waals surface area contributed by atoms with Crippen molar-refractivity contribution >= 4 is 11.6 Å². The number of aliphatic hydroxyl groups is 1. The molecule has 1 aromatic rings. The smallest absolute Gasteiger partial charge is 0.416 e. The zero-order valence-corrected chi connectivity index (χ0v) is 11.9. The monoisotopic (exact) mass is 325 g/mol. The normalized spacial score (nSPS) is 19.0. The van der Waals surface area contributed by atoms with E-state index >= 15 is 0 Å². The topological polar surface area (TPSA) is 85.2 Å². The molecule has 0 spiro atoms. The van der Waals surface area contributed by atoms with Crippen LogP contribution in [-0.4, -0.2) is 23.6 Å². The average Bonchev–Trinajstić information content (AvgIpc) is 3.01. The van der Waals surface area contributed by atoms with E-state index in [1.54, 1.807) is 6.07 Å². The fourth-order valence-corrected chi connectivity index (χ4v) is 2.25. The van der Waals surface area contributed by atoms with Crippen molar-refractivity contribution in [2.75, 3.05) is 11.9 Å². The molecule has 23 heavy (non-hydrogen) atoms. The molecule has 1 atom stereocenters. The third-order valence-electron chi connectivity index (χ3n) is 3.46. The lowest BCUT2D eigenvalue weighted by atomic mass is 10.1.